The van der Waals surface area contributed by atoms with Gasteiger partial charge in [-0.3, -0.25) is 19.4 Å². The number of amides is 2. The van der Waals surface area contributed by atoms with Crippen LogP contribution >= 0.6 is 15.9 Å². The molecule has 4 N–H and O–H groups in total. The summed E-state index contributed by atoms with van der Waals surface area (Å²) >= 11 is 3.22. The Labute approximate surface area is 186 Å². The molecule has 0 aliphatic rings. The molecule has 31 heavy (non-hydrogen) atoms. The predicted molar refractivity (Wildman–Crippen MR) is 111 cm³/mol. The van der Waals surface area contributed by atoms with Crippen LogP contribution in [0.15, 0.2) is 22.9 Å². The van der Waals surface area contributed by atoms with E-state index in [1.807, 2.05) is 0 Å². The summed E-state index contributed by atoms with van der Waals surface area (Å²) in [6.07, 6.45) is 0.704. The average molecular weight is 499 g/mol. The van der Waals surface area contributed by atoms with E-state index >= 15 is 0 Å². The number of Topliss-reactive ketones (excluding diaryl/α,β-unsaturated/α-hetero) is 1. The quantitative estimate of drug-likeness (QED) is 0.295. The second-order valence-electron chi connectivity index (χ2n) is 6.62. The van der Waals surface area contributed by atoms with Crippen LogP contribution in [0.2, 0.25) is 0 Å². The molecule has 2 atom stereocenters. The number of halogens is 1. The number of carboxylic acid groups (broad SMARTS) is 2. The van der Waals surface area contributed by atoms with Gasteiger partial charge in [0.2, 0.25) is 6.10 Å². The average Bonchev–Trinajstić information content (AvgIpc) is 2.69. The minimum absolute atomic E-state index is 0.00305. The zero-order chi connectivity index (χ0) is 23.4. The highest BCUT2D eigenvalue weighted by atomic mass is 76.9. The number of carbonyl (C=O) groups is 5. The van der Waals surface area contributed by atoms with E-state index in [2.05, 4.69) is 31.5 Å². The first-order valence-electron chi connectivity index (χ1n) is 9.41. The molecule has 12 heteroatoms. The molecule has 0 saturated carbocycles. The van der Waals surface area contributed by atoms with Crippen LogP contribution in [-0.2, 0) is 19.1 Å². The van der Waals surface area contributed by atoms with Crippen molar-refractivity contribution in [2.75, 3.05) is 6.54 Å². The Kier molecular flexibility index (Phi) is 11.2. The monoisotopic (exact) mass is 499 g/mol. The van der Waals surface area contributed by atoms with Gasteiger partial charge in [0.25, 0.3) is 5.91 Å². The number of nitrogens with one attached hydrogen (secondary N) is 2. The number of carbonyl (C=O) groups excluding carboxylic acids is 3. The van der Waals surface area contributed by atoms with Crippen molar-refractivity contribution < 1.29 is 38.9 Å². The van der Waals surface area contributed by atoms with Crippen LogP contribution in [0.4, 0.5) is 4.79 Å². The molecule has 0 aliphatic carbocycles. The van der Waals surface area contributed by atoms with Crippen LogP contribution in [-0.4, -0.2) is 63.6 Å². The largest absolute Gasteiger partial charge is 0.481 e. The van der Waals surface area contributed by atoms with Gasteiger partial charge in [-0.1, -0.05) is 0 Å². The van der Waals surface area contributed by atoms with E-state index in [1.54, 1.807) is 12.3 Å². The molecule has 1 heterocycles. The number of ether oxygens (including phenoxy) is 1. The van der Waals surface area contributed by atoms with Crippen LogP contribution in [0.1, 0.15) is 49.4 Å². The van der Waals surface area contributed by atoms with Gasteiger partial charge in [-0.2, -0.15) is 0 Å². The number of hydrogen-bond donors (Lipinski definition) is 4. The first-order valence-corrected chi connectivity index (χ1v) is 10.2. The summed E-state index contributed by atoms with van der Waals surface area (Å²) < 4.78 is 5.52. The van der Waals surface area contributed by atoms with Crippen molar-refractivity contribution in [1.82, 2.24) is 15.6 Å². The lowest BCUT2D eigenvalue weighted by Gasteiger charge is -2.18. The molecule has 0 aliphatic heterocycles. The number of aliphatic carboxylic acids is 2. The van der Waals surface area contributed by atoms with Crippen molar-refractivity contribution in [3.8, 4) is 0 Å². The number of aromatic nitrogens is 1. The second-order valence-corrected chi connectivity index (χ2v) is 7.53. The minimum atomic E-state index is -1.45. The summed E-state index contributed by atoms with van der Waals surface area (Å²) in [4.78, 5) is 61.3. The SMILES string of the molecule is CC(=O)[C@H](CCC(=O)O)NC(=O)O[C@@H](CCCCNC(=O)c1cncc([77Br])c1)C(=O)O. The number of nitrogens with zero attached hydrogens (tertiary/aromatic N) is 1. The molecular formula is C19H24BrN3O8. The zero-order valence-electron chi connectivity index (χ0n) is 16.8. The Morgan fingerprint density at radius 1 is 1.13 bits per heavy atom. The minimum Gasteiger partial charge on any atom is -0.481 e. The maximum Gasteiger partial charge on any atom is 0.408 e. The lowest BCUT2D eigenvalue weighted by Crippen LogP contribution is -2.42. The number of carboxylic acids is 2. The van der Waals surface area contributed by atoms with Crippen molar-refractivity contribution in [3.05, 3.63) is 28.5 Å². The Bertz CT molecular complexity index is 817. The standard InChI is InChI=1S/C19H24BrN3O8/c1-11(24)14(5-6-16(25)26)23-19(30)31-15(18(28)29)4-2-3-7-22-17(27)12-8-13(20)10-21-9-12/h8-10,14-15H,2-7H2,1H3,(H,22,27)(H,23,30)(H,25,26)(H,28,29)/t14-,15-/m0/s1/i20-3. The highest BCUT2D eigenvalue weighted by molar-refractivity contribution is 9.10. The van der Waals surface area contributed by atoms with E-state index in [9.17, 15) is 29.1 Å². The predicted octanol–water partition coefficient (Wildman–Crippen LogP) is 1.75. The molecule has 0 radical (unpaired) electrons. The summed E-state index contributed by atoms with van der Waals surface area (Å²) in [7, 11) is 0. The molecule has 0 fully saturated rings. The van der Waals surface area contributed by atoms with Crippen molar-refractivity contribution in [2.24, 2.45) is 0 Å². The highest BCUT2D eigenvalue weighted by Crippen LogP contribution is 2.10. The third kappa shape index (κ3) is 10.5. The summed E-state index contributed by atoms with van der Waals surface area (Å²) in [5.74, 6) is -3.28. The first-order chi connectivity index (χ1) is 14.6. The van der Waals surface area contributed by atoms with Crippen molar-refractivity contribution in [2.45, 2.75) is 51.2 Å². The number of hydrogen-bond acceptors (Lipinski definition) is 7. The van der Waals surface area contributed by atoms with E-state index in [4.69, 9.17) is 9.84 Å². The fourth-order valence-corrected chi connectivity index (χ4v) is 2.84. The topological polar surface area (TPSA) is 172 Å². The molecular weight excluding hydrogens is 475 g/mol. The van der Waals surface area contributed by atoms with Gasteiger partial charge in [0.1, 0.15) is 0 Å². The Morgan fingerprint density at radius 3 is 2.42 bits per heavy atom. The Hall–Kier alpha value is -3.02. The van der Waals surface area contributed by atoms with Gasteiger partial charge in [-0.15, -0.1) is 0 Å². The third-order valence-corrected chi connectivity index (χ3v) is 4.53. The smallest absolute Gasteiger partial charge is 0.408 e. The molecule has 170 valence electrons. The van der Waals surface area contributed by atoms with Gasteiger partial charge in [0, 0.05) is 29.8 Å². The van der Waals surface area contributed by atoms with E-state index in [-0.39, 0.29) is 31.7 Å². The summed E-state index contributed by atoms with van der Waals surface area (Å²) in [5, 5.41) is 22.8. The number of alkyl carbamates (subject to hydrolysis) is 1. The maximum atomic E-state index is 12.0. The molecule has 0 bridgehead atoms. The zero-order valence-corrected chi connectivity index (χ0v) is 18.4. The van der Waals surface area contributed by atoms with Gasteiger partial charge in [-0.25, -0.2) is 9.59 Å². The van der Waals surface area contributed by atoms with Gasteiger partial charge in [0.15, 0.2) is 5.78 Å². The normalized spacial score (nSPS) is 12.3. The van der Waals surface area contributed by atoms with Crippen molar-refractivity contribution in [3.63, 3.8) is 0 Å². The van der Waals surface area contributed by atoms with Gasteiger partial charge >= 0.3 is 18.0 Å². The van der Waals surface area contributed by atoms with Crippen LogP contribution in [0.25, 0.3) is 0 Å². The van der Waals surface area contributed by atoms with Crippen molar-refractivity contribution in [1.29, 1.82) is 0 Å². The number of pyridine rings is 1. The van der Waals surface area contributed by atoms with Crippen LogP contribution in [0.5, 0.6) is 0 Å². The summed E-state index contributed by atoms with van der Waals surface area (Å²) in [6, 6.07) is 0.529. The lowest BCUT2D eigenvalue weighted by molar-refractivity contribution is -0.147. The molecule has 1 aromatic heterocycles. The Morgan fingerprint density at radius 2 is 1.84 bits per heavy atom. The van der Waals surface area contributed by atoms with Gasteiger partial charge < -0.3 is 25.6 Å². The Balaban J connectivity index is 2.42. The fraction of sp³-hybridized carbons (Fsp3) is 0.474. The molecule has 0 aromatic carbocycles. The van der Waals surface area contributed by atoms with Crippen LogP contribution < -0.4 is 10.6 Å². The number of unbranched alkanes of at least 4 members (excludes halogenated alkanes) is 1. The molecule has 0 unspecified atom stereocenters. The fourth-order valence-electron chi connectivity index (χ4n) is 2.48. The van der Waals surface area contributed by atoms with E-state index in [1.165, 1.54) is 13.1 Å². The summed E-state index contributed by atoms with van der Waals surface area (Å²) in [6.45, 7) is 1.46. The molecule has 0 saturated heterocycles. The van der Waals surface area contributed by atoms with E-state index < -0.39 is 36.0 Å². The number of ketones is 1. The summed E-state index contributed by atoms with van der Waals surface area (Å²) in [5.41, 5.74) is 0.376. The number of rotatable bonds is 13. The van der Waals surface area contributed by atoms with E-state index in [0.29, 0.717) is 22.9 Å². The lowest BCUT2D eigenvalue weighted by atomic mass is 10.1. The molecule has 1 rings (SSSR count). The molecule has 0 spiro atoms. The van der Waals surface area contributed by atoms with E-state index in [0.717, 1.165) is 0 Å². The first kappa shape index (κ1) is 26.0. The highest BCUT2D eigenvalue weighted by Gasteiger charge is 2.25. The maximum absolute atomic E-state index is 12.0. The van der Waals surface area contributed by atoms with Crippen LogP contribution in [0, 0.1) is 0 Å². The molecule has 2 amide bonds. The van der Waals surface area contributed by atoms with Crippen molar-refractivity contribution >= 4 is 45.7 Å². The van der Waals surface area contributed by atoms with Crippen LogP contribution in [0.3, 0.4) is 0 Å². The van der Waals surface area contributed by atoms with Gasteiger partial charge in [-0.05, 0) is 54.6 Å². The third-order valence-electron chi connectivity index (χ3n) is 4.10. The molecule has 11 nitrogen and oxygen atoms in total. The van der Waals surface area contributed by atoms with Gasteiger partial charge in [0.05, 0.1) is 11.6 Å². The molecule has 1 aromatic rings. The second kappa shape index (κ2) is 13.3.